The van der Waals surface area contributed by atoms with Gasteiger partial charge >= 0.3 is 6.09 Å². The molecule has 2 N–H and O–H groups in total. The van der Waals surface area contributed by atoms with E-state index in [0.717, 1.165) is 0 Å². The van der Waals surface area contributed by atoms with E-state index in [1.165, 1.54) is 0 Å². The van der Waals surface area contributed by atoms with E-state index >= 15 is 0 Å². The zero-order valence-corrected chi connectivity index (χ0v) is 10.7. The lowest BCUT2D eigenvalue weighted by Gasteiger charge is -2.24. The Morgan fingerprint density at radius 1 is 1.50 bits per heavy atom. The highest BCUT2D eigenvalue weighted by Crippen LogP contribution is 2.33. The number of hydrogen-bond donors (Lipinski definition) is 2. The Bertz CT molecular complexity index is 400. The smallest absolute Gasteiger partial charge is 0.407 e. The Labute approximate surface area is 108 Å². The van der Waals surface area contributed by atoms with Crippen molar-refractivity contribution in [2.24, 2.45) is 0 Å². The van der Waals surface area contributed by atoms with Gasteiger partial charge in [-0.3, -0.25) is 0 Å². The Balaban J connectivity index is 0.00000128. The fourth-order valence-electron chi connectivity index (χ4n) is 1.57. The number of carbonyl (C=O) groups is 1. The van der Waals surface area contributed by atoms with E-state index in [-0.39, 0.29) is 24.2 Å². The van der Waals surface area contributed by atoms with Crippen LogP contribution in [0.15, 0.2) is 22.7 Å². The van der Waals surface area contributed by atoms with E-state index < -0.39 is 6.09 Å². The number of para-hydroxylation sites is 1. The number of benzene rings is 1. The molecule has 1 aliphatic heterocycles. The molecule has 1 atom stereocenters. The molecule has 1 aromatic carbocycles. The third-order valence-corrected chi connectivity index (χ3v) is 2.97. The number of phenolic OH excluding ortho intramolecular Hbond substituents is 1. The summed E-state index contributed by atoms with van der Waals surface area (Å²) in [6, 6.07) is 5.18. The van der Waals surface area contributed by atoms with Crippen LogP contribution in [-0.4, -0.2) is 17.8 Å². The highest BCUT2D eigenvalue weighted by molar-refractivity contribution is 9.10. The fourth-order valence-corrected chi connectivity index (χ4v) is 1.95. The van der Waals surface area contributed by atoms with Crippen molar-refractivity contribution in [3.63, 3.8) is 0 Å². The molecule has 4 nitrogen and oxygen atoms in total. The predicted molar refractivity (Wildman–Crippen MR) is 64.9 cm³/mol. The third-order valence-electron chi connectivity index (χ3n) is 2.33. The minimum atomic E-state index is -0.439. The summed E-state index contributed by atoms with van der Waals surface area (Å²) in [5.74, 6) is 0.171. The number of halogens is 2. The summed E-state index contributed by atoms with van der Waals surface area (Å²) in [6.07, 6.45) is 0.223. The maximum absolute atomic E-state index is 11.0. The lowest BCUT2D eigenvalue weighted by Crippen LogP contribution is -2.35. The first-order valence-electron chi connectivity index (χ1n) is 4.59. The van der Waals surface area contributed by atoms with E-state index in [1.54, 1.807) is 12.1 Å². The van der Waals surface area contributed by atoms with Gasteiger partial charge in [-0.25, -0.2) is 4.79 Å². The lowest BCUT2D eigenvalue weighted by atomic mass is 10.0. The van der Waals surface area contributed by atoms with Gasteiger partial charge < -0.3 is 15.2 Å². The number of rotatable bonds is 1. The molecule has 0 aromatic heterocycles. The number of hydrogen-bond acceptors (Lipinski definition) is 3. The average Bonchev–Trinajstić information content (AvgIpc) is 2.22. The topological polar surface area (TPSA) is 58.6 Å². The number of alkyl carbamates (subject to hydrolysis) is 1. The van der Waals surface area contributed by atoms with E-state index in [9.17, 15) is 9.90 Å². The largest absolute Gasteiger partial charge is 0.506 e. The molecule has 1 saturated heterocycles. The Morgan fingerprint density at radius 3 is 2.94 bits per heavy atom. The van der Waals surface area contributed by atoms with Crippen molar-refractivity contribution in [1.29, 1.82) is 0 Å². The van der Waals surface area contributed by atoms with Crippen molar-refractivity contribution < 1.29 is 14.6 Å². The monoisotopic (exact) mass is 307 g/mol. The summed E-state index contributed by atoms with van der Waals surface area (Å²) in [5, 5.41) is 12.5. The van der Waals surface area contributed by atoms with Crippen molar-refractivity contribution in [2.75, 3.05) is 6.61 Å². The molecule has 0 unspecified atom stereocenters. The van der Waals surface area contributed by atoms with Crippen molar-refractivity contribution in [3.05, 3.63) is 28.2 Å². The van der Waals surface area contributed by atoms with Crippen LogP contribution in [0.1, 0.15) is 18.0 Å². The first-order valence-corrected chi connectivity index (χ1v) is 5.38. The number of aromatic hydroxyl groups is 1. The molecule has 88 valence electrons. The van der Waals surface area contributed by atoms with Crippen molar-refractivity contribution in [2.45, 2.75) is 12.5 Å². The second kappa shape index (κ2) is 5.41. The molecule has 0 radical (unpaired) electrons. The normalized spacial score (nSPS) is 19.3. The molecule has 0 bridgehead atoms. The molecular formula is C10H11BrClNO3. The van der Waals surface area contributed by atoms with Crippen LogP contribution in [0.5, 0.6) is 5.75 Å². The first kappa shape index (κ1) is 13.1. The number of phenols is 1. The maximum atomic E-state index is 11.0. The molecule has 16 heavy (non-hydrogen) atoms. The zero-order valence-electron chi connectivity index (χ0n) is 8.27. The van der Waals surface area contributed by atoms with E-state index in [0.29, 0.717) is 23.1 Å². The van der Waals surface area contributed by atoms with Crippen LogP contribution in [0.3, 0.4) is 0 Å². The second-order valence-electron chi connectivity index (χ2n) is 3.30. The van der Waals surface area contributed by atoms with Gasteiger partial charge in [-0.15, -0.1) is 12.4 Å². The molecule has 0 spiro atoms. The van der Waals surface area contributed by atoms with Gasteiger partial charge in [0.05, 0.1) is 17.1 Å². The van der Waals surface area contributed by atoms with Crippen LogP contribution >= 0.6 is 28.3 Å². The molecule has 1 heterocycles. The summed E-state index contributed by atoms with van der Waals surface area (Å²) in [4.78, 5) is 11.0. The number of ether oxygens (including phenoxy) is 1. The number of cyclic esters (lactones) is 1. The minimum Gasteiger partial charge on any atom is -0.506 e. The van der Waals surface area contributed by atoms with Gasteiger partial charge in [0.15, 0.2) is 0 Å². The molecule has 1 aromatic rings. The van der Waals surface area contributed by atoms with Crippen LogP contribution < -0.4 is 5.32 Å². The van der Waals surface area contributed by atoms with Gasteiger partial charge in [-0.05, 0) is 22.0 Å². The maximum Gasteiger partial charge on any atom is 0.407 e. The van der Waals surface area contributed by atoms with Crippen LogP contribution in [-0.2, 0) is 4.74 Å². The van der Waals surface area contributed by atoms with Gasteiger partial charge in [0.1, 0.15) is 5.75 Å². The van der Waals surface area contributed by atoms with Gasteiger partial charge in [0.25, 0.3) is 0 Å². The summed E-state index contributed by atoms with van der Waals surface area (Å²) < 4.78 is 5.38. The first-order chi connectivity index (χ1) is 7.18. The van der Waals surface area contributed by atoms with Crippen LogP contribution in [0.25, 0.3) is 0 Å². The van der Waals surface area contributed by atoms with Crippen LogP contribution in [0.4, 0.5) is 4.79 Å². The Morgan fingerprint density at radius 2 is 2.25 bits per heavy atom. The molecule has 6 heteroatoms. The molecule has 1 amide bonds. The quantitative estimate of drug-likeness (QED) is 0.838. The highest BCUT2D eigenvalue weighted by Gasteiger charge is 2.23. The molecule has 0 aliphatic carbocycles. The van der Waals surface area contributed by atoms with E-state index in [4.69, 9.17) is 4.74 Å². The molecular weight excluding hydrogens is 297 g/mol. The standard InChI is InChI=1S/C10H10BrNO3.ClH/c11-7-3-1-2-6(9(7)13)8-4-5-15-10(14)12-8;/h1-3,8,13H,4-5H2,(H,12,14);1H/t8-;/m0./s1. The van der Waals surface area contributed by atoms with Crippen molar-refractivity contribution in [3.8, 4) is 5.75 Å². The third kappa shape index (κ3) is 2.59. The van der Waals surface area contributed by atoms with Gasteiger partial charge in [-0.2, -0.15) is 0 Å². The fraction of sp³-hybridized carbons (Fsp3) is 0.300. The van der Waals surface area contributed by atoms with Crippen LogP contribution in [0.2, 0.25) is 0 Å². The number of amides is 1. The molecule has 2 rings (SSSR count). The summed E-state index contributed by atoms with van der Waals surface area (Å²) in [6.45, 7) is 0.377. The molecule has 1 aliphatic rings. The average molecular weight is 309 g/mol. The van der Waals surface area contributed by atoms with Crippen molar-refractivity contribution in [1.82, 2.24) is 5.32 Å². The number of carbonyl (C=O) groups excluding carboxylic acids is 1. The van der Waals surface area contributed by atoms with E-state index in [1.807, 2.05) is 6.07 Å². The SMILES string of the molecule is Cl.O=C1N[C@H](c2cccc(Br)c2O)CCO1. The molecule has 1 fully saturated rings. The zero-order chi connectivity index (χ0) is 10.8. The molecule has 0 saturated carbocycles. The highest BCUT2D eigenvalue weighted by atomic mass is 79.9. The van der Waals surface area contributed by atoms with Gasteiger partial charge in [0, 0.05) is 12.0 Å². The van der Waals surface area contributed by atoms with Gasteiger partial charge in [-0.1, -0.05) is 12.1 Å². The number of nitrogens with one attached hydrogen (secondary N) is 1. The lowest BCUT2D eigenvalue weighted by molar-refractivity contribution is 0.115. The van der Waals surface area contributed by atoms with Crippen molar-refractivity contribution >= 4 is 34.4 Å². The summed E-state index contributed by atoms with van der Waals surface area (Å²) in [5.41, 5.74) is 0.709. The predicted octanol–water partition coefficient (Wildman–Crippen LogP) is 2.75. The van der Waals surface area contributed by atoms with Crippen LogP contribution in [0, 0.1) is 0 Å². The second-order valence-corrected chi connectivity index (χ2v) is 4.15. The Hall–Kier alpha value is -0.940. The summed E-state index contributed by atoms with van der Waals surface area (Å²) in [7, 11) is 0. The van der Waals surface area contributed by atoms with Gasteiger partial charge in [0.2, 0.25) is 0 Å². The Kier molecular flexibility index (Phi) is 4.44. The summed E-state index contributed by atoms with van der Waals surface area (Å²) >= 11 is 3.23. The minimum absolute atomic E-state index is 0. The van der Waals surface area contributed by atoms with E-state index in [2.05, 4.69) is 21.2 Å².